The van der Waals surface area contributed by atoms with E-state index >= 15 is 0 Å². The second-order valence-electron chi connectivity index (χ2n) is 4.58. The van der Waals surface area contributed by atoms with Crippen LogP contribution in [0.1, 0.15) is 11.6 Å². The first-order valence-electron chi connectivity index (χ1n) is 6.45. The number of fused-ring (bicyclic) bond motifs is 1. The van der Waals surface area contributed by atoms with Gasteiger partial charge >= 0.3 is 0 Å². The van der Waals surface area contributed by atoms with E-state index in [9.17, 15) is 9.90 Å². The van der Waals surface area contributed by atoms with Gasteiger partial charge in [0.1, 0.15) is 12.4 Å². The second kappa shape index (κ2) is 5.40. The molecular formula is C14H13N4O4-. The summed E-state index contributed by atoms with van der Waals surface area (Å²) in [4.78, 5) is 15.1. The van der Waals surface area contributed by atoms with Gasteiger partial charge in [-0.15, -0.1) is 0 Å². The Balaban J connectivity index is 2.09. The maximum absolute atomic E-state index is 11.1. The molecule has 1 aliphatic rings. The minimum absolute atomic E-state index is 0.0553. The molecule has 1 aromatic heterocycles. The molecule has 0 amide bonds. The predicted molar refractivity (Wildman–Crippen MR) is 74.4 cm³/mol. The first-order chi connectivity index (χ1) is 10.6. The third-order valence-electron chi connectivity index (χ3n) is 3.38. The van der Waals surface area contributed by atoms with Crippen LogP contribution in [0.2, 0.25) is 0 Å². The van der Waals surface area contributed by atoms with Crippen molar-refractivity contribution in [1.82, 2.24) is 14.8 Å². The molecule has 22 heavy (non-hydrogen) atoms. The third-order valence-corrected chi connectivity index (χ3v) is 3.38. The number of rotatable bonds is 4. The van der Waals surface area contributed by atoms with E-state index in [1.165, 1.54) is 19.5 Å². The van der Waals surface area contributed by atoms with Crippen molar-refractivity contribution in [2.24, 2.45) is 0 Å². The van der Waals surface area contributed by atoms with Crippen LogP contribution in [-0.4, -0.2) is 35.0 Å². The van der Waals surface area contributed by atoms with Crippen molar-refractivity contribution in [2.45, 2.75) is 6.04 Å². The molecule has 2 heterocycles. The Bertz CT molecular complexity index is 753. The van der Waals surface area contributed by atoms with Gasteiger partial charge in [0.15, 0.2) is 11.5 Å². The lowest BCUT2D eigenvalue weighted by atomic mass is 10.0. The third kappa shape index (κ3) is 2.24. The van der Waals surface area contributed by atoms with Crippen LogP contribution in [0.25, 0.3) is 0 Å². The van der Waals surface area contributed by atoms with Crippen molar-refractivity contribution in [3.63, 3.8) is 0 Å². The van der Waals surface area contributed by atoms with Crippen LogP contribution in [0, 0.1) is 0 Å². The molecule has 1 atom stereocenters. The molecular weight excluding hydrogens is 288 g/mol. The van der Waals surface area contributed by atoms with Crippen molar-refractivity contribution >= 4 is 11.9 Å². The molecule has 0 unspecified atom stereocenters. The molecule has 0 fully saturated rings. The zero-order chi connectivity index (χ0) is 15.7. The predicted octanol–water partition coefficient (Wildman–Crippen LogP) is -0.0560. The van der Waals surface area contributed by atoms with Gasteiger partial charge in [0.25, 0.3) is 0 Å². The van der Waals surface area contributed by atoms with Crippen LogP contribution in [0.4, 0.5) is 5.95 Å². The second-order valence-corrected chi connectivity index (χ2v) is 4.58. The summed E-state index contributed by atoms with van der Waals surface area (Å²) in [5.41, 5.74) is 0.727. The molecule has 0 saturated carbocycles. The van der Waals surface area contributed by atoms with Crippen molar-refractivity contribution in [3.05, 3.63) is 41.9 Å². The van der Waals surface area contributed by atoms with Gasteiger partial charge in [0.05, 0.1) is 25.9 Å². The molecule has 0 saturated heterocycles. The number of aliphatic carboxylic acids is 1. The summed E-state index contributed by atoms with van der Waals surface area (Å²) in [7, 11) is 3.08. The van der Waals surface area contributed by atoms with E-state index in [0.29, 0.717) is 17.4 Å². The Morgan fingerprint density at radius 2 is 2.09 bits per heavy atom. The van der Waals surface area contributed by atoms with E-state index in [0.717, 1.165) is 5.56 Å². The number of hydrogen-bond donors (Lipinski definition) is 1. The average Bonchev–Trinajstić information content (AvgIpc) is 3.01. The van der Waals surface area contributed by atoms with Gasteiger partial charge in [0, 0.05) is 0 Å². The fourth-order valence-electron chi connectivity index (χ4n) is 2.33. The lowest BCUT2D eigenvalue weighted by Crippen LogP contribution is -2.32. The smallest absolute Gasteiger partial charge is 0.226 e. The maximum atomic E-state index is 11.1. The van der Waals surface area contributed by atoms with E-state index in [1.807, 2.05) is 6.07 Å². The standard InChI is InChI=1S/C14H14N4O4/c1-21-11-4-3-8(5-12(11)22-2)10-6-9(13(19)20)17-14-15-7-16-18(10)14/h3-7,10H,1-2H3,(H,19,20)(H,15,16,17)/p-1/t10-/m0/s1. The van der Waals surface area contributed by atoms with Gasteiger partial charge in [0.2, 0.25) is 5.95 Å². The molecule has 0 radical (unpaired) electrons. The summed E-state index contributed by atoms with van der Waals surface area (Å²) < 4.78 is 12.1. The van der Waals surface area contributed by atoms with Crippen LogP contribution < -0.4 is 19.9 Å². The molecule has 3 rings (SSSR count). The lowest BCUT2D eigenvalue weighted by molar-refractivity contribution is -0.299. The van der Waals surface area contributed by atoms with Crippen LogP contribution in [0.15, 0.2) is 36.3 Å². The summed E-state index contributed by atoms with van der Waals surface area (Å²) in [6, 6.07) is 4.89. The summed E-state index contributed by atoms with van der Waals surface area (Å²) in [6.07, 6.45) is 2.86. The number of allylic oxidation sites excluding steroid dienone is 1. The number of anilines is 1. The zero-order valence-electron chi connectivity index (χ0n) is 11.9. The molecule has 8 heteroatoms. The van der Waals surface area contributed by atoms with Crippen molar-refractivity contribution in [2.75, 3.05) is 19.5 Å². The molecule has 1 N–H and O–H groups in total. The number of hydrogen-bond acceptors (Lipinski definition) is 7. The number of nitrogens with one attached hydrogen (secondary N) is 1. The Kier molecular flexibility index (Phi) is 3.42. The number of ether oxygens (including phenoxy) is 2. The number of carbonyl (C=O) groups excluding carboxylic acids is 1. The summed E-state index contributed by atoms with van der Waals surface area (Å²) in [6.45, 7) is 0. The fraction of sp³-hybridized carbons (Fsp3) is 0.214. The minimum atomic E-state index is -1.31. The number of carboxylic acid groups (broad SMARTS) is 1. The highest BCUT2D eigenvalue weighted by Gasteiger charge is 2.24. The highest BCUT2D eigenvalue weighted by molar-refractivity contribution is 5.88. The van der Waals surface area contributed by atoms with Crippen molar-refractivity contribution < 1.29 is 19.4 Å². The zero-order valence-corrected chi connectivity index (χ0v) is 11.9. The first-order valence-corrected chi connectivity index (χ1v) is 6.45. The number of carboxylic acids is 1. The highest BCUT2D eigenvalue weighted by atomic mass is 16.5. The molecule has 0 spiro atoms. The normalized spacial score (nSPS) is 16.3. The van der Waals surface area contributed by atoms with Gasteiger partial charge in [-0.2, -0.15) is 10.1 Å². The number of benzene rings is 1. The van der Waals surface area contributed by atoms with Gasteiger partial charge in [-0.1, -0.05) is 6.07 Å². The molecule has 1 aromatic carbocycles. The van der Waals surface area contributed by atoms with Gasteiger partial charge in [-0.05, 0) is 23.8 Å². The molecule has 2 aromatic rings. The first kappa shape index (κ1) is 13.9. The average molecular weight is 301 g/mol. The van der Waals surface area contributed by atoms with Crippen LogP contribution in [0.5, 0.6) is 11.5 Å². The fourth-order valence-corrected chi connectivity index (χ4v) is 2.33. The Labute approximate surface area is 126 Å². The van der Waals surface area contributed by atoms with Crippen molar-refractivity contribution in [1.29, 1.82) is 0 Å². The van der Waals surface area contributed by atoms with Crippen LogP contribution >= 0.6 is 0 Å². The van der Waals surface area contributed by atoms with E-state index in [2.05, 4.69) is 15.4 Å². The summed E-state index contributed by atoms with van der Waals surface area (Å²) in [5, 5.41) is 17.9. The van der Waals surface area contributed by atoms with Crippen LogP contribution in [-0.2, 0) is 4.79 Å². The topological polar surface area (TPSA) is 101 Å². The van der Waals surface area contributed by atoms with Gasteiger partial charge in [-0.25, -0.2) is 4.68 Å². The summed E-state index contributed by atoms with van der Waals surface area (Å²) in [5.74, 6) is 0.160. The number of carbonyl (C=O) groups is 1. The SMILES string of the molecule is COc1ccc([C@@H]2C=C(C(=O)[O-])Nc3ncnn32)cc1OC. The van der Waals surface area contributed by atoms with Crippen LogP contribution in [0.3, 0.4) is 0 Å². The van der Waals surface area contributed by atoms with Crippen molar-refractivity contribution in [3.8, 4) is 11.5 Å². The maximum Gasteiger partial charge on any atom is 0.226 e. The number of nitrogens with zero attached hydrogens (tertiary/aromatic N) is 3. The molecule has 0 bridgehead atoms. The molecule has 0 aliphatic carbocycles. The van der Waals surface area contributed by atoms with E-state index < -0.39 is 12.0 Å². The van der Waals surface area contributed by atoms with E-state index in [4.69, 9.17) is 9.47 Å². The van der Waals surface area contributed by atoms with E-state index in [1.54, 1.807) is 23.9 Å². The summed E-state index contributed by atoms with van der Waals surface area (Å²) >= 11 is 0. The quantitative estimate of drug-likeness (QED) is 0.844. The number of methoxy groups -OCH3 is 2. The molecule has 8 nitrogen and oxygen atoms in total. The molecule has 1 aliphatic heterocycles. The van der Waals surface area contributed by atoms with Gasteiger partial charge < -0.3 is 24.7 Å². The Morgan fingerprint density at radius 3 is 2.77 bits per heavy atom. The highest BCUT2D eigenvalue weighted by Crippen LogP contribution is 2.34. The van der Waals surface area contributed by atoms with Gasteiger partial charge in [-0.3, -0.25) is 0 Å². The Morgan fingerprint density at radius 1 is 1.32 bits per heavy atom. The Hall–Kier alpha value is -3.03. The minimum Gasteiger partial charge on any atom is -0.543 e. The van der Waals surface area contributed by atoms with E-state index in [-0.39, 0.29) is 5.70 Å². The number of aromatic nitrogens is 3. The largest absolute Gasteiger partial charge is 0.543 e. The molecule has 114 valence electrons. The monoisotopic (exact) mass is 301 g/mol. The lowest BCUT2D eigenvalue weighted by Gasteiger charge is -2.25.